The van der Waals surface area contributed by atoms with Crippen molar-refractivity contribution >= 4 is 23.3 Å². The van der Waals surface area contributed by atoms with Gasteiger partial charge in [-0.15, -0.1) is 0 Å². The monoisotopic (exact) mass is 495 g/mol. The van der Waals surface area contributed by atoms with Gasteiger partial charge in [0.2, 0.25) is 11.8 Å². The van der Waals surface area contributed by atoms with Gasteiger partial charge in [0.25, 0.3) is 0 Å². The number of halogens is 1. The summed E-state index contributed by atoms with van der Waals surface area (Å²) >= 11 is 0. The standard InChI is InChI=1S/C28H38FN5O2/c1-19(30-2)27(35)32-26(20-8-5-4-6-9-20)28(36)34-17-7-10-24(34)21-15-16-31-25(18-21)33(3)23-13-11-22(29)12-14-23/h11-16,18-20,24,26,30H,4-10,17H2,1-3H3,(H,32,35)/t19-,24-,26-/m0/s1. The number of hydrogen-bond donors (Lipinski definition) is 2. The minimum atomic E-state index is -0.502. The van der Waals surface area contributed by atoms with Gasteiger partial charge in [0.1, 0.15) is 17.7 Å². The first-order valence-electron chi connectivity index (χ1n) is 13.1. The molecule has 0 bridgehead atoms. The van der Waals surface area contributed by atoms with Crippen LogP contribution in [0.5, 0.6) is 0 Å². The van der Waals surface area contributed by atoms with Crippen LogP contribution in [0, 0.1) is 11.7 Å². The molecule has 8 heteroatoms. The van der Waals surface area contributed by atoms with E-state index >= 15 is 0 Å². The van der Waals surface area contributed by atoms with E-state index in [1.807, 2.05) is 35.9 Å². The van der Waals surface area contributed by atoms with Crippen LogP contribution in [0.2, 0.25) is 0 Å². The van der Waals surface area contributed by atoms with E-state index in [4.69, 9.17) is 0 Å². The molecule has 1 saturated carbocycles. The number of amides is 2. The molecule has 2 fully saturated rings. The number of likely N-dealkylation sites (N-methyl/N-ethyl adjacent to an activating group) is 1. The van der Waals surface area contributed by atoms with E-state index in [0.29, 0.717) is 6.54 Å². The second-order valence-electron chi connectivity index (χ2n) is 10.1. The Balaban J connectivity index is 1.56. The second-order valence-corrected chi connectivity index (χ2v) is 10.1. The zero-order chi connectivity index (χ0) is 25.7. The number of rotatable bonds is 8. The maximum atomic E-state index is 14.0. The summed E-state index contributed by atoms with van der Waals surface area (Å²) in [4.78, 5) is 35.2. The van der Waals surface area contributed by atoms with Crippen LogP contribution in [0.15, 0.2) is 42.6 Å². The van der Waals surface area contributed by atoms with Gasteiger partial charge in [0.05, 0.1) is 12.1 Å². The van der Waals surface area contributed by atoms with Gasteiger partial charge in [0.15, 0.2) is 0 Å². The highest BCUT2D eigenvalue weighted by molar-refractivity contribution is 5.90. The number of nitrogens with zero attached hydrogens (tertiary/aromatic N) is 3. The molecule has 2 aliphatic rings. The minimum Gasteiger partial charge on any atom is -0.343 e. The van der Waals surface area contributed by atoms with Gasteiger partial charge in [-0.25, -0.2) is 9.37 Å². The van der Waals surface area contributed by atoms with E-state index in [2.05, 4.69) is 15.6 Å². The van der Waals surface area contributed by atoms with Crippen molar-refractivity contribution in [1.82, 2.24) is 20.5 Å². The van der Waals surface area contributed by atoms with Crippen molar-refractivity contribution in [3.8, 4) is 0 Å². The number of nitrogens with one attached hydrogen (secondary N) is 2. The molecule has 1 aliphatic carbocycles. The molecular formula is C28H38FN5O2. The summed E-state index contributed by atoms with van der Waals surface area (Å²) in [6, 6.07) is 9.36. The fourth-order valence-electron chi connectivity index (χ4n) is 5.44. The Morgan fingerprint density at radius 3 is 2.50 bits per heavy atom. The lowest BCUT2D eigenvalue weighted by Crippen LogP contribution is -2.55. The maximum Gasteiger partial charge on any atom is 0.245 e. The topological polar surface area (TPSA) is 77.6 Å². The Morgan fingerprint density at radius 1 is 1.08 bits per heavy atom. The minimum absolute atomic E-state index is 0.0197. The van der Waals surface area contributed by atoms with Crippen LogP contribution in [0.4, 0.5) is 15.9 Å². The van der Waals surface area contributed by atoms with Crippen LogP contribution in [0.1, 0.15) is 63.5 Å². The van der Waals surface area contributed by atoms with E-state index in [9.17, 15) is 14.0 Å². The lowest BCUT2D eigenvalue weighted by Gasteiger charge is -2.35. The number of benzene rings is 1. The van der Waals surface area contributed by atoms with Crippen molar-refractivity contribution in [2.24, 2.45) is 5.92 Å². The number of hydrogen-bond acceptors (Lipinski definition) is 5. The molecule has 1 saturated heterocycles. The Kier molecular flexibility index (Phi) is 8.56. The van der Waals surface area contributed by atoms with Crippen molar-refractivity contribution in [3.63, 3.8) is 0 Å². The Bertz CT molecular complexity index is 1040. The molecule has 2 amide bonds. The quantitative estimate of drug-likeness (QED) is 0.570. The lowest BCUT2D eigenvalue weighted by atomic mass is 9.83. The van der Waals surface area contributed by atoms with Gasteiger partial charge in [0, 0.05) is 25.5 Å². The van der Waals surface area contributed by atoms with Gasteiger partial charge >= 0.3 is 0 Å². The molecule has 4 rings (SSSR count). The van der Waals surface area contributed by atoms with Crippen LogP contribution in [0.25, 0.3) is 0 Å². The molecule has 1 aromatic carbocycles. The molecule has 0 spiro atoms. The molecule has 2 heterocycles. The van der Waals surface area contributed by atoms with Crippen molar-refractivity contribution in [3.05, 3.63) is 54.0 Å². The number of likely N-dealkylation sites (tertiary alicyclic amines) is 1. The van der Waals surface area contributed by atoms with Crippen LogP contribution >= 0.6 is 0 Å². The predicted octanol–water partition coefficient (Wildman–Crippen LogP) is 4.33. The number of carbonyl (C=O) groups is 2. The predicted molar refractivity (Wildman–Crippen MR) is 139 cm³/mol. The molecular weight excluding hydrogens is 457 g/mol. The molecule has 2 N–H and O–H groups in total. The summed E-state index contributed by atoms with van der Waals surface area (Å²) < 4.78 is 13.4. The summed E-state index contributed by atoms with van der Waals surface area (Å²) in [5, 5.41) is 6.08. The highest BCUT2D eigenvalue weighted by atomic mass is 19.1. The lowest BCUT2D eigenvalue weighted by molar-refractivity contribution is -0.139. The van der Waals surface area contributed by atoms with Gasteiger partial charge in [-0.05, 0) is 87.5 Å². The van der Waals surface area contributed by atoms with Crippen molar-refractivity contribution < 1.29 is 14.0 Å². The molecule has 0 unspecified atom stereocenters. The normalized spacial score (nSPS) is 20.1. The number of pyridine rings is 1. The summed E-state index contributed by atoms with van der Waals surface area (Å²) in [5.74, 6) is 0.504. The summed E-state index contributed by atoms with van der Waals surface area (Å²) in [6.07, 6.45) is 8.86. The average molecular weight is 496 g/mol. The Hall–Kier alpha value is -3.00. The maximum absolute atomic E-state index is 14.0. The zero-order valence-electron chi connectivity index (χ0n) is 21.5. The fraction of sp³-hybridized carbons (Fsp3) is 0.536. The molecule has 36 heavy (non-hydrogen) atoms. The average Bonchev–Trinajstić information content (AvgIpc) is 3.41. The van der Waals surface area contributed by atoms with Crippen LogP contribution in [-0.4, -0.2) is 54.4 Å². The first kappa shape index (κ1) is 26.1. The SMILES string of the molecule is CN[C@@H](C)C(=O)N[C@H](C(=O)N1CCC[C@H]1c1ccnc(N(C)c2ccc(F)cc2)c1)C1CCCCC1. The molecule has 194 valence electrons. The Morgan fingerprint density at radius 2 is 1.81 bits per heavy atom. The van der Waals surface area contributed by atoms with E-state index in [-0.39, 0.29) is 35.6 Å². The van der Waals surface area contributed by atoms with Gasteiger partial charge in [-0.1, -0.05) is 19.3 Å². The van der Waals surface area contributed by atoms with E-state index in [1.54, 1.807) is 25.4 Å². The van der Waals surface area contributed by atoms with Crippen molar-refractivity contribution in [2.45, 2.75) is 70.0 Å². The molecule has 1 aliphatic heterocycles. The second kappa shape index (κ2) is 11.8. The third-order valence-electron chi connectivity index (χ3n) is 7.76. The third kappa shape index (κ3) is 5.86. The van der Waals surface area contributed by atoms with Gasteiger partial charge in [-0.3, -0.25) is 9.59 Å². The van der Waals surface area contributed by atoms with Gasteiger partial charge < -0.3 is 20.4 Å². The first-order valence-corrected chi connectivity index (χ1v) is 13.1. The molecule has 1 aromatic heterocycles. The fourth-order valence-corrected chi connectivity index (χ4v) is 5.44. The number of anilines is 2. The molecule has 2 aromatic rings. The third-order valence-corrected chi connectivity index (χ3v) is 7.76. The van der Waals surface area contributed by atoms with Gasteiger partial charge in [-0.2, -0.15) is 0 Å². The Labute approximate surface area is 213 Å². The van der Waals surface area contributed by atoms with E-state index < -0.39 is 6.04 Å². The molecule has 7 nitrogen and oxygen atoms in total. The zero-order valence-corrected chi connectivity index (χ0v) is 21.5. The highest BCUT2D eigenvalue weighted by Gasteiger charge is 2.39. The molecule has 3 atom stereocenters. The number of carbonyl (C=O) groups excluding carboxylic acids is 2. The van der Waals surface area contributed by atoms with Crippen LogP contribution < -0.4 is 15.5 Å². The van der Waals surface area contributed by atoms with E-state index in [0.717, 1.165) is 55.6 Å². The van der Waals surface area contributed by atoms with Crippen LogP contribution in [0.3, 0.4) is 0 Å². The first-order chi connectivity index (χ1) is 17.4. The van der Waals surface area contributed by atoms with Crippen LogP contribution in [-0.2, 0) is 9.59 Å². The summed E-state index contributed by atoms with van der Waals surface area (Å²) in [6.45, 7) is 2.49. The largest absolute Gasteiger partial charge is 0.343 e. The van der Waals surface area contributed by atoms with Crippen molar-refractivity contribution in [1.29, 1.82) is 0 Å². The molecule has 0 radical (unpaired) electrons. The van der Waals surface area contributed by atoms with Crippen molar-refractivity contribution in [2.75, 3.05) is 25.5 Å². The smallest absolute Gasteiger partial charge is 0.245 e. The highest BCUT2D eigenvalue weighted by Crippen LogP contribution is 2.36. The van der Waals surface area contributed by atoms with E-state index in [1.165, 1.54) is 18.6 Å². The summed E-state index contributed by atoms with van der Waals surface area (Å²) in [7, 11) is 3.65. The number of aromatic nitrogens is 1. The summed E-state index contributed by atoms with van der Waals surface area (Å²) in [5.41, 5.74) is 1.86.